The standard InChI is InChI=1S/C11H10N2O4S/c1-6-4-7(17-13-6)5-12-10(14)8-2-3-9(18-8)11(15)16/h2-4H,5H2,1H3,(H,12,14)(H,15,16). The van der Waals surface area contributed by atoms with E-state index in [1.54, 1.807) is 13.0 Å². The van der Waals surface area contributed by atoms with Gasteiger partial charge in [-0.05, 0) is 19.1 Å². The number of aromatic carboxylic acids is 1. The van der Waals surface area contributed by atoms with Crippen LogP contribution in [0.15, 0.2) is 22.7 Å². The van der Waals surface area contributed by atoms with Gasteiger partial charge in [0.2, 0.25) is 0 Å². The Kier molecular flexibility index (Phi) is 3.42. The Hall–Kier alpha value is -2.15. The summed E-state index contributed by atoms with van der Waals surface area (Å²) >= 11 is 0.932. The van der Waals surface area contributed by atoms with E-state index in [1.165, 1.54) is 12.1 Å². The van der Waals surface area contributed by atoms with Crippen LogP contribution in [0.3, 0.4) is 0 Å². The Labute approximate surface area is 106 Å². The van der Waals surface area contributed by atoms with Crippen LogP contribution in [0.1, 0.15) is 30.8 Å². The van der Waals surface area contributed by atoms with Gasteiger partial charge in [-0.15, -0.1) is 11.3 Å². The zero-order chi connectivity index (χ0) is 13.1. The molecule has 2 heterocycles. The molecule has 0 aliphatic heterocycles. The van der Waals surface area contributed by atoms with Crippen LogP contribution >= 0.6 is 11.3 Å². The summed E-state index contributed by atoms with van der Waals surface area (Å²) in [5, 5.41) is 15.1. The van der Waals surface area contributed by atoms with Gasteiger partial charge in [-0.2, -0.15) is 0 Å². The van der Waals surface area contributed by atoms with Crippen LogP contribution in [-0.4, -0.2) is 22.1 Å². The number of carbonyl (C=O) groups is 2. The van der Waals surface area contributed by atoms with Crippen molar-refractivity contribution >= 4 is 23.2 Å². The normalized spacial score (nSPS) is 10.3. The Morgan fingerprint density at radius 2 is 2.17 bits per heavy atom. The van der Waals surface area contributed by atoms with E-state index in [0.717, 1.165) is 17.0 Å². The summed E-state index contributed by atoms with van der Waals surface area (Å²) in [5.74, 6) is -0.817. The summed E-state index contributed by atoms with van der Waals surface area (Å²) in [6, 6.07) is 4.60. The molecule has 0 aromatic carbocycles. The third-order valence-electron chi connectivity index (χ3n) is 2.14. The second-order valence-corrected chi connectivity index (χ2v) is 4.67. The van der Waals surface area contributed by atoms with Gasteiger partial charge in [0.1, 0.15) is 4.88 Å². The average molecular weight is 266 g/mol. The number of aryl methyl sites for hydroxylation is 1. The van der Waals surface area contributed by atoms with Gasteiger partial charge in [0.15, 0.2) is 5.76 Å². The molecule has 0 spiro atoms. The van der Waals surface area contributed by atoms with Gasteiger partial charge in [0, 0.05) is 6.07 Å². The SMILES string of the molecule is Cc1cc(CNC(=O)c2ccc(C(=O)O)s2)on1. The summed E-state index contributed by atoms with van der Waals surface area (Å²) in [6.45, 7) is 2.01. The van der Waals surface area contributed by atoms with Crippen molar-refractivity contribution in [1.82, 2.24) is 10.5 Å². The van der Waals surface area contributed by atoms with E-state index in [1.807, 2.05) is 0 Å². The number of hydrogen-bond donors (Lipinski definition) is 2. The highest BCUT2D eigenvalue weighted by molar-refractivity contribution is 7.15. The molecule has 94 valence electrons. The van der Waals surface area contributed by atoms with Crippen molar-refractivity contribution in [3.05, 3.63) is 39.4 Å². The zero-order valence-electron chi connectivity index (χ0n) is 9.47. The molecule has 2 N–H and O–H groups in total. The summed E-state index contributed by atoms with van der Waals surface area (Å²) < 4.78 is 4.94. The Balaban J connectivity index is 1.97. The number of carboxylic acid groups (broad SMARTS) is 1. The second kappa shape index (κ2) is 5.01. The largest absolute Gasteiger partial charge is 0.477 e. The molecule has 0 fully saturated rings. The molecule has 0 radical (unpaired) electrons. The summed E-state index contributed by atoms with van der Waals surface area (Å²) in [4.78, 5) is 22.9. The van der Waals surface area contributed by atoms with E-state index in [0.29, 0.717) is 10.6 Å². The molecule has 2 rings (SSSR count). The highest BCUT2D eigenvalue weighted by Crippen LogP contribution is 2.16. The van der Waals surface area contributed by atoms with Crippen molar-refractivity contribution < 1.29 is 19.2 Å². The van der Waals surface area contributed by atoms with E-state index in [4.69, 9.17) is 9.63 Å². The van der Waals surface area contributed by atoms with E-state index in [-0.39, 0.29) is 17.3 Å². The van der Waals surface area contributed by atoms with Crippen LogP contribution < -0.4 is 5.32 Å². The predicted octanol–water partition coefficient (Wildman–Crippen LogP) is 1.67. The fraction of sp³-hybridized carbons (Fsp3) is 0.182. The fourth-order valence-corrected chi connectivity index (χ4v) is 2.09. The molecule has 0 aliphatic rings. The topological polar surface area (TPSA) is 92.4 Å². The number of thiophene rings is 1. The first-order valence-corrected chi connectivity index (χ1v) is 5.91. The number of amides is 1. The number of carbonyl (C=O) groups excluding carboxylic acids is 1. The molecule has 0 atom stereocenters. The highest BCUT2D eigenvalue weighted by atomic mass is 32.1. The molecule has 2 aromatic heterocycles. The van der Waals surface area contributed by atoms with Gasteiger partial charge in [-0.3, -0.25) is 4.79 Å². The Morgan fingerprint density at radius 1 is 1.44 bits per heavy atom. The molecule has 7 heteroatoms. The minimum Gasteiger partial charge on any atom is -0.477 e. The van der Waals surface area contributed by atoms with Crippen molar-refractivity contribution in [3.63, 3.8) is 0 Å². The molecule has 0 saturated carbocycles. The van der Waals surface area contributed by atoms with E-state index in [9.17, 15) is 9.59 Å². The monoisotopic (exact) mass is 266 g/mol. The molecular formula is C11H10N2O4S. The van der Waals surface area contributed by atoms with Crippen LogP contribution in [0.25, 0.3) is 0 Å². The maximum Gasteiger partial charge on any atom is 0.345 e. The molecule has 1 amide bonds. The van der Waals surface area contributed by atoms with Gasteiger partial charge in [-0.1, -0.05) is 5.16 Å². The number of hydrogen-bond acceptors (Lipinski definition) is 5. The lowest BCUT2D eigenvalue weighted by atomic mass is 10.3. The predicted molar refractivity (Wildman–Crippen MR) is 63.7 cm³/mol. The van der Waals surface area contributed by atoms with Gasteiger partial charge < -0.3 is 14.9 Å². The highest BCUT2D eigenvalue weighted by Gasteiger charge is 2.13. The summed E-state index contributed by atoms with van der Waals surface area (Å²) in [5.41, 5.74) is 0.739. The van der Waals surface area contributed by atoms with Crippen LogP contribution in [0, 0.1) is 6.92 Å². The number of rotatable bonds is 4. The Bertz CT molecular complexity index is 587. The minimum atomic E-state index is -1.04. The molecule has 6 nitrogen and oxygen atoms in total. The average Bonchev–Trinajstić information content (AvgIpc) is 2.94. The van der Waals surface area contributed by atoms with Gasteiger partial charge in [-0.25, -0.2) is 4.79 Å². The summed E-state index contributed by atoms with van der Waals surface area (Å²) in [6.07, 6.45) is 0. The molecular weight excluding hydrogens is 256 g/mol. The molecule has 0 bridgehead atoms. The Morgan fingerprint density at radius 3 is 2.72 bits per heavy atom. The minimum absolute atomic E-state index is 0.135. The maximum atomic E-state index is 11.7. The van der Waals surface area contributed by atoms with Gasteiger partial charge >= 0.3 is 5.97 Å². The third-order valence-corrected chi connectivity index (χ3v) is 3.21. The van der Waals surface area contributed by atoms with Crippen molar-refractivity contribution in [2.75, 3.05) is 0 Å². The first-order chi connectivity index (χ1) is 8.56. The number of nitrogens with one attached hydrogen (secondary N) is 1. The number of aromatic nitrogens is 1. The van der Waals surface area contributed by atoms with E-state index < -0.39 is 5.97 Å². The molecule has 18 heavy (non-hydrogen) atoms. The lowest BCUT2D eigenvalue weighted by molar-refractivity contribution is 0.0702. The first kappa shape index (κ1) is 12.3. The summed E-state index contributed by atoms with van der Waals surface area (Å²) in [7, 11) is 0. The van der Waals surface area contributed by atoms with Crippen molar-refractivity contribution in [2.24, 2.45) is 0 Å². The van der Waals surface area contributed by atoms with Crippen molar-refractivity contribution in [3.8, 4) is 0 Å². The smallest absolute Gasteiger partial charge is 0.345 e. The number of nitrogens with zero attached hydrogens (tertiary/aromatic N) is 1. The van der Waals surface area contributed by atoms with Crippen LogP contribution in [0.5, 0.6) is 0 Å². The first-order valence-electron chi connectivity index (χ1n) is 5.10. The molecule has 0 aliphatic carbocycles. The third kappa shape index (κ3) is 2.75. The van der Waals surface area contributed by atoms with Crippen molar-refractivity contribution in [1.29, 1.82) is 0 Å². The van der Waals surface area contributed by atoms with Crippen LogP contribution in [0.2, 0.25) is 0 Å². The van der Waals surface area contributed by atoms with Gasteiger partial charge in [0.25, 0.3) is 5.91 Å². The van der Waals surface area contributed by atoms with Crippen LogP contribution in [0.4, 0.5) is 0 Å². The fourth-order valence-electron chi connectivity index (χ4n) is 1.33. The molecule has 2 aromatic rings. The molecule has 0 unspecified atom stereocenters. The number of carboxylic acids is 1. The lowest BCUT2D eigenvalue weighted by Crippen LogP contribution is -2.21. The lowest BCUT2D eigenvalue weighted by Gasteiger charge is -1.99. The quantitative estimate of drug-likeness (QED) is 0.878. The van der Waals surface area contributed by atoms with Gasteiger partial charge in [0.05, 0.1) is 17.1 Å². The maximum absolute atomic E-state index is 11.7. The van der Waals surface area contributed by atoms with Crippen LogP contribution in [-0.2, 0) is 6.54 Å². The molecule has 0 saturated heterocycles. The van der Waals surface area contributed by atoms with E-state index in [2.05, 4.69) is 10.5 Å². The van der Waals surface area contributed by atoms with Crippen molar-refractivity contribution in [2.45, 2.75) is 13.5 Å². The second-order valence-electron chi connectivity index (χ2n) is 3.59. The zero-order valence-corrected chi connectivity index (χ0v) is 10.3. The van der Waals surface area contributed by atoms with E-state index >= 15 is 0 Å².